The zero-order chi connectivity index (χ0) is 8.65. The van der Waals surface area contributed by atoms with E-state index in [9.17, 15) is 0 Å². The summed E-state index contributed by atoms with van der Waals surface area (Å²) in [5.41, 5.74) is 1.41. The first-order valence-corrected chi connectivity index (χ1v) is 5.32. The zero-order valence-corrected chi connectivity index (χ0v) is 8.18. The molecule has 0 radical (unpaired) electrons. The molecule has 0 unspecified atom stereocenters. The fourth-order valence-corrected chi connectivity index (χ4v) is 1.79. The second-order valence-electron chi connectivity index (χ2n) is 2.57. The molecule has 0 heterocycles. The lowest BCUT2D eigenvalue weighted by molar-refractivity contribution is 1.41. The molecular weight excluding hydrogens is 164 g/mol. The van der Waals surface area contributed by atoms with Gasteiger partial charge in [-0.2, -0.15) is 11.8 Å². The van der Waals surface area contributed by atoms with E-state index in [0.717, 1.165) is 11.5 Å². The molecule has 1 aromatic carbocycles. The van der Waals surface area contributed by atoms with Crippen LogP contribution in [0, 0.1) is 0 Å². The van der Waals surface area contributed by atoms with Crippen LogP contribution in [0.5, 0.6) is 0 Å². The Morgan fingerprint density at radius 1 is 1.25 bits per heavy atom. The van der Waals surface area contributed by atoms with Gasteiger partial charge in [-0.05, 0) is 12.5 Å². The monoisotopic (exact) mass is 178 g/mol. The fourth-order valence-electron chi connectivity index (χ4n) is 0.915. The summed E-state index contributed by atoms with van der Waals surface area (Å²) in [7, 11) is 0. The predicted molar refractivity (Wildman–Crippen MR) is 57.4 cm³/mol. The van der Waals surface area contributed by atoms with Gasteiger partial charge in [0.2, 0.25) is 0 Å². The maximum absolute atomic E-state index is 2.19. The maximum Gasteiger partial charge on any atom is 0.0187 e. The van der Waals surface area contributed by atoms with E-state index in [1.165, 1.54) is 5.56 Å². The van der Waals surface area contributed by atoms with E-state index in [0.29, 0.717) is 0 Å². The molecule has 0 aliphatic heterocycles. The first kappa shape index (κ1) is 9.40. The first-order chi connectivity index (χ1) is 5.93. The van der Waals surface area contributed by atoms with Crippen LogP contribution in [-0.4, -0.2) is 5.75 Å². The minimum atomic E-state index is 1.12. The summed E-state index contributed by atoms with van der Waals surface area (Å²) in [5, 5.41) is 0. The average molecular weight is 178 g/mol. The van der Waals surface area contributed by atoms with E-state index >= 15 is 0 Å². The molecule has 0 saturated heterocycles. The molecule has 0 aliphatic rings. The highest BCUT2D eigenvalue weighted by molar-refractivity contribution is 7.98. The molecule has 1 aromatic rings. The van der Waals surface area contributed by atoms with Gasteiger partial charge >= 0.3 is 0 Å². The van der Waals surface area contributed by atoms with E-state index in [2.05, 4.69) is 49.4 Å². The molecule has 0 atom stereocenters. The topological polar surface area (TPSA) is 0 Å². The Morgan fingerprint density at radius 3 is 2.67 bits per heavy atom. The quantitative estimate of drug-likeness (QED) is 0.502. The van der Waals surface area contributed by atoms with Crippen LogP contribution in [0.1, 0.15) is 12.5 Å². The van der Waals surface area contributed by atoms with Crippen LogP contribution in [0.2, 0.25) is 0 Å². The predicted octanol–water partition coefficient (Wildman–Crippen LogP) is 3.50. The van der Waals surface area contributed by atoms with Gasteiger partial charge in [0.05, 0.1) is 0 Å². The molecule has 0 bridgehead atoms. The van der Waals surface area contributed by atoms with Gasteiger partial charge in [-0.25, -0.2) is 0 Å². The van der Waals surface area contributed by atoms with Gasteiger partial charge in [-0.15, -0.1) is 0 Å². The molecule has 64 valence electrons. The van der Waals surface area contributed by atoms with Crippen LogP contribution in [0.15, 0.2) is 42.5 Å². The summed E-state index contributed by atoms with van der Waals surface area (Å²) >= 11 is 1.94. The van der Waals surface area contributed by atoms with Gasteiger partial charge in [0, 0.05) is 11.5 Å². The second kappa shape index (κ2) is 5.90. The van der Waals surface area contributed by atoms with Crippen molar-refractivity contribution in [2.24, 2.45) is 0 Å². The van der Waals surface area contributed by atoms with Crippen molar-refractivity contribution in [3.8, 4) is 0 Å². The molecule has 0 saturated carbocycles. The van der Waals surface area contributed by atoms with Gasteiger partial charge < -0.3 is 0 Å². The Bertz CT molecular complexity index is 226. The molecule has 0 aromatic heterocycles. The second-order valence-corrected chi connectivity index (χ2v) is 3.60. The summed E-state index contributed by atoms with van der Waals surface area (Å²) in [6, 6.07) is 10.6. The van der Waals surface area contributed by atoms with Gasteiger partial charge in [0.1, 0.15) is 0 Å². The fraction of sp³-hybridized carbons (Fsp3) is 0.273. The molecular formula is C11H14S. The Kier molecular flexibility index (Phi) is 4.62. The number of hydrogen-bond acceptors (Lipinski definition) is 1. The van der Waals surface area contributed by atoms with E-state index in [4.69, 9.17) is 0 Å². The highest BCUT2D eigenvalue weighted by atomic mass is 32.2. The van der Waals surface area contributed by atoms with Gasteiger partial charge in [0.25, 0.3) is 0 Å². The molecule has 1 rings (SSSR count). The third-order valence-electron chi connectivity index (χ3n) is 1.56. The van der Waals surface area contributed by atoms with E-state index in [1.807, 2.05) is 11.8 Å². The number of hydrogen-bond donors (Lipinski definition) is 0. The Labute approximate surface area is 78.7 Å². The van der Waals surface area contributed by atoms with Crippen molar-refractivity contribution in [3.63, 3.8) is 0 Å². The zero-order valence-electron chi connectivity index (χ0n) is 7.36. The summed E-state index contributed by atoms with van der Waals surface area (Å²) in [5.74, 6) is 2.23. The molecule has 0 fully saturated rings. The van der Waals surface area contributed by atoms with Crippen LogP contribution in [-0.2, 0) is 5.75 Å². The summed E-state index contributed by atoms with van der Waals surface area (Å²) in [6.07, 6.45) is 4.28. The van der Waals surface area contributed by atoms with Gasteiger partial charge in [-0.1, -0.05) is 42.5 Å². The third-order valence-corrected chi connectivity index (χ3v) is 2.53. The van der Waals surface area contributed by atoms with Gasteiger partial charge in [0.15, 0.2) is 0 Å². The van der Waals surface area contributed by atoms with Crippen LogP contribution in [0.4, 0.5) is 0 Å². The lowest BCUT2D eigenvalue weighted by atomic mass is 10.2. The van der Waals surface area contributed by atoms with E-state index in [-0.39, 0.29) is 0 Å². The molecule has 0 nitrogen and oxygen atoms in total. The highest BCUT2D eigenvalue weighted by Gasteiger charge is 1.88. The minimum absolute atomic E-state index is 1.12. The average Bonchev–Trinajstić information content (AvgIpc) is 2.14. The standard InChI is InChI=1S/C11H14S/c1-2-3-9-12-10-11-7-5-4-6-8-11/h2-8H,9-10H2,1H3. The minimum Gasteiger partial charge on any atom is -0.153 e. The van der Waals surface area contributed by atoms with E-state index in [1.54, 1.807) is 0 Å². The number of rotatable bonds is 4. The van der Waals surface area contributed by atoms with Crippen molar-refractivity contribution >= 4 is 11.8 Å². The van der Waals surface area contributed by atoms with Crippen molar-refractivity contribution in [1.29, 1.82) is 0 Å². The van der Waals surface area contributed by atoms with Crippen molar-refractivity contribution in [1.82, 2.24) is 0 Å². The molecule has 0 aliphatic carbocycles. The van der Waals surface area contributed by atoms with Crippen LogP contribution in [0.25, 0.3) is 0 Å². The number of benzene rings is 1. The SMILES string of the molecule is CC=CCSCc1ccccc1. The third kappa shape index (κ3) is 3.63. The lowest BCUT2D eigenvalue weighted by Crippen LogP contribution is -1.79. The summed E-state index contributed by atoms with van der Waals surface area (Å²) < 4.78 is 0. The highest BCUT2D eigenvalue weighted by Crippen LogP contribution is 2.11. The molecule has 1 heteroatoms. The maximum atomic E-state index is 2.19. The Balaban J connectivity index is 2.24. The van der Waals surface area contributed by atoms with Gasteiger partial charge in [-0.3, -0.25) is 0 Å². The van der Waals surface area contributed by atoms with E-state index < -0.39 is 0 Å². The van der Waals surface area contributed by atoms with Crippen LogP contribution < -0.4 is 0 Å². The smallest absolute Gasteiger partial charge is 0.0187 e. The Morgan fingerprint density at radius 2 is 2.00 bits per heavy atom. The summed E-state index contributed by atoms with van der Waals surface area (Å²) in [6.45, 7) is 2.06. The van der Waals surface area contributed by atoms with Crippen LogP contribution >= 0.6 is 11.8 Å². The molecule has 12 heavy (non-hydrogen) atoms. The van der Waals surface area contributed by atoms with Crippen molar-refractivity contribution < 1.29 is 0 Å². The normalized spacial score (nSPS) is 10.8. The molecule has 0 N–H and O–H groups in total. The first-order valence-electron chi connectivity index (χ1n) is 4.16. The Hall–Kier alpha value is -0.690. The number of thioether (sulfide) groups is 1. The van der Waals surface area contributed by atoms with Crippen molar-refractivity contribution in [2.75, 3.05) is 5.75 Å². The number of allylic oxidation sites excluding steroid dienone is 1. The summed E-state index contributed by atoms with van der Waals surface area (Å²) in [4.78, 5) is 0. The largest absolute Gasteiger partial charge is 0.153 e. The lowest BCUT2D eigenvalue weighted by Gasteiger charge is -1.97. The molecule has 0 amide bonds. The van der Waals surface area contributed by atoms with Crippen molar-refractivity contribution in [2.45, 2.75) is 12.7 Å². The van der Waals surface area contributed by atoms with Crippen LogP contribution in [0.3, 0.4) is 0 Å². The molecule has 0 spiro atoms. The van der Waals surface area contributed by atoms with Crippen molar-refractivity contribution in [3.05, 3.63) is 48.0 Å².